The number of hydrogen-bond acceptors (Lipinski definition) is 12. The number of rotatable bonds is 12. The minimum Gasteiger partial charge on any atom is -0.502 e. The molecule has 1 aliphatic rings. The van der Waals surface area contributed by atoms with Crippen LogP contribution in [0.25, 0.3) is 22.0 Å². The van der Waals surface area contributed by atoms with Gasteiger partial charge in [-0.15, -0.1) is 11.3 Å². The molecule has 0 unspecified atom stereocenters. The van der Waals surface area contributed by atoms with Crippen LogP contribution in [-0.2, 0) is 21.0 Å². The monoisotopic (exact) mass is 769 g/mol. The molecule has 0 aliphatic heterocycles. The number of methoxy groups -OCH3 is 1. The van der Waals surface area contributed by atoms with Crippen molar-refractivity contribution < 1.29 is 37.5 Å². The number of anilines is 1. The molecule has 1 aromatic carbocycles. The highest BCUT2D eigenvalue weighted by molar-refractivity contribution is 7.93. The van der Waals surface area contributed by atoms with E-state index in [1.165, 1.54) is 23.1 Å². The van der Waals surface area contributed by atoms with E-state index < -0.39 is 23.6 Å². The molecule has 53 heavy (non-hydrogen) atoms. The van der Waals surface area contributed by atoms with Gasteiger partial charge in [0, 0.05) is 53.3 Å². The van der Waals surface area contributed by atoms with Gasteiger partial charge >= 0.3 is 5.97 Å². The second-order valence-electron chi connectivity index (χ2n) is 11.5. The fourth-order valence-corrected chi connectivity index (χ4v) is 6.11. The van der Waals surface area contributed by atoms with E-state index in [0.717, 1.165) is 61.2 Å². The lowest BCUT2D eigenvalue weighted by Gasteiger charge is -2.21. The van der Waals surface area contributed by atoms with Crippen molar-refractivity contribution in [2.75, 3.05) is 19.0 Å². The minimum atomic E-state index is -0.854. The molecular formula is C36H41F2N7O6S2. The predicted octanol–water partition coefficient (Wildman–Crippen LogP) is 7.99. The van der Waals surface area contributed by atoms with E-state index in [9.17, 15) is 18.4 Å². The summed E-state index contributed by atoms with van der Waals surface area (Å²) in [6.45, 7) is 5.51. The average Bonchev–Trinajstić information content (AvgIpc) is 3.96. The first kappa shape index (κ1) is 40.8. The number of carbonyl (C=O) groups is 2. The van der Waals surface area contributed by atoms with Crippen molar-refractivity contribution in [1.82, 2.24) is 29.5 Å². The summed E-state index contributed by atoms with van der Waals surface area (Å²) in [4.78, 5) is 34.1. The summed E-state index contributed by atoms with van der Waals surface area (Å²) < 4.78 is 50.4. The molecule has 17 heteroatoms. The number of nitrogens with one attached hydrogen (secondary N) is 1. The number of carbonyl (C=O) groups excluding carboxylic acids is 2. The average molecular weight is 770 g/mol. The van der Waals surface area contributed by atoms with Crippen molar-refractivity contribution in [2.45, 2.75) is 69.5 Å². The van der Waals surface area contributed by atoms with E-state index >= 15 is 0 Å². The Kier molecular flexibility index (Phi) is 16.1. The molecule has 1 fully saturated rings. The summed E-state index contributed by atoms with van der Waals surface area (Å²) in [7, 11) is 1.49. The molecule has 5 aromatic rings. The Labute approximate surface area is 313 Å². The Morgan fingerprint density at radius 1 is 1.06 bits per heavy atom. The van der Waals surface area contributed by atoms with Gasteiger partial charge in [0.2, 0.25) is 5.95 Å². The molecule has 1 saturated carbocycles. The van der Waals surface area contributed by atoms with Crippen LogP contribution in [0.3, 0.4) is 0 Å². The normalized spacial score (nSPS) is 12.5. The Bertz CT molecular complexity index is 1930. The van der Waals surface area contributed by atoms with Gasteiger partial charge in [0.25, 0.3) is 5.91 Å². The van der Waals surface area contributed by atoms with Gasteiger partial charge in [-0.25, -0.2) is 19.0 Å². The van der Waals surface area contributed by atoms with Gasteiger partial charge in [-0.2, -0.15) is 14.6 Å². The summed E-state index contributed by atoms with van der Waals surface area (Å²) in [6.07, 6.45) is 10.3. The third kappa shape index (κ3) is 12.3. The second-order valence-corrected chi connectivity index (χ2v) is 13.0. The summed E-state index contributed by atoms with van der Waals surface area (Å²) in [5.74, 6) is -2.08. The highest BCUT2D eigenvalue weighted by Gasteiger charge is 2.24. The molecule has 13 nitrogen and oxygen atoms in total. The van der Waals surface area contributed by atoms with Crippen LogP contribution >= 0.6 is 23.4 Å². The molecule has 3 N–H and O–H groups in total. The number of ether oxygens (including phenoxy) is 2. The number of aliphatic hydroxyl groups is 1. The van der Waals surface area contributed by atoms with Gasteiger partial charge in [0.15, 0.2) is 12.5 Å². The summed E-state index contributed by atoms with van der Waals surface area (Å²) in [5, 5.41) is 21.1. The zero-order chi connectivity index (χ0) is 38.2. The molecule has 6 rings (SSSR count). The molecule has 4 aromatic heterocycles. The summed E-state index contributed by atoms with van der Waals surface area (Å²) in [6, 6.07) is 11.4. The number of amides is 1. The van der Waals surface area contributed by atoms with E-state index in [4.69, 9.17) is 19.1 Å². The van der Waals surface area contributed by atoms with Crippen LogP contribution in [0.5, 0.6) is 0 Å². The number of benzene rings is 1. The Hall–Kier alpha value is -4.97. The molecule has 0 atom stereocenters. The molecular weight excluding hydrogens is 729 g/mol. The van der Waals surface area contributed by atoms with Crippen LogP contribution in [0, 0.1) is 11.8 Å². The van der Waals surface area contributed by atoms with Crippen LogP contribution < -0.4 is 5.32 Å². The van der Waals surface area contributed by atoms with Crippen LogP contribution in [0.2, 0.25) is 0 Å². The number of aliphatic hydroxyl groups excluding tert-OH is 1. The largest absolute Gasteiger partial charge is 0.502 e. The van der Waals surface area contributed by atoms with Gasteiger partial charge in [-0.05, 0) is 44.0 Å². The van der Waals surface area contributed by atoms with Crippen molar-refractivity contribution in [3.8, 4) is 22.0 Å². The standard InChI is InChI=1S/C28H29F2N7O4S.C6H6OS.C2H6O/c1-17(40-2)8-11-24(38)41-16-36-13-18(12-31-36)28-33-22(15-42-28)27(39)32-21-14-37(19-6-4-3-5-7-19)35-26(21)25-20(29)9-10-23(30)34-25;7-8-6-4-2-1-3-5-6;1-2-3/h9-10,12-15,19H,1,3-8,11,16H2,2H3,(H,32,39);1-5,7H;3H,2H2,1H3. The molecule has 1 aliphatic carbocycles. The molecule has 0 saturated heterocycles. The number of nitrogens with zero attached hydrogens (tertiary/aromatic N) is 6. The van der Waals surface area contributed by atoms with Gasteiger partial charge in [0.1, 0.15) is 22.1 Å². The summed E-state index contributed by atoms with van der Waals surface area (Å²) >= 11 is 2.00. The van der Waals surface area contributed by atoms with E-state index in [-0.39, 0.29) is 48.6 Å². The van der Waals surface area contributed by atoms with Gasteiger partial charge in [0.05, 0.1) is 37.2 Å². The van der Waals surface area contributed by atoms with Crippen LogP contribution in [0.1, 0.15) is 68.4 Å². The molecule has 282 valence electrons. The Morgan fingerprint density at radius 3 is 2.47 bits per heavy atom. The Morgan fingerprint density at radius 2 is 1.79 bits per heavy atom. The molecule has 0 spiro atoms. The zero-order valence-electron chi connectivity index (χ0n) is 29.3. The highest BCUT2D eigenvalue weighted by atomic mass is 32.2. The first-order valence-corrected chi connectivity index (χ1v) is 18.4. The predicted molar refractivity (Wildman–Crippen MR) is 198 cm³/mol. The van der Waals surface area contributed by atoms with Gasteiger partial charge in [-0.3, -0.25) is 14.3 Å². The fraction of sp³-hybridized carbons (Fsp3) is 0.333. The lowest BCUT2D eigenvalue weighted by molar-refractivity contribution is -0.148. The number of esters is 1. The van der Waals surface area contributed by atoms with Gasteiger partial charge in [-0.1, -0.05) is 44.0 Å². The van der Waals surface area contributed by atoms with E-state index in [1.807, 2.05) is 30.3 Å². The zero-order valence-corrected chi connectivity index (χ0v) is 30.9. The van der Waals surface area contributed by atoms with Crippen molar-refractivity contribution in [2.24, 2.45) is 0 Å². The third-order valence-corrected chi connectivity index (χ3v) is 9.06. The summed E-state index contributed by atoms with van der Waals surface area (Å²) in [5.41, 5.74) is 0.719. The second kappa shape index (κ2) is 20.9. The number of thiazole rings is 1. The first-order valence-electron chi connectivity index (χ1n) is 16.7. The maximum Gasteiger partial charge on any atom is 0.308 e. The van der Waals surface area contributed by atoms with Crippen LogP contribution in [0.4, 0.5) is 14.5 Å². The number of pyridine rings is 1. The lowest BCUT2D eigenvalue weighted by atomic mass is 9.96. The number of aromatic nitrogens is 6. The molecule has 0 bridgehead atoms. The van der Waals surface area contributed by atoms with E-state index in [0.29, 0.717) is 22.8 Å². The first-order chi connectivity index (χ1) is 25.6. The van der Waals surface area contributed by atoms with Crippen molar-refractivity contribution >= 4 is 40.9 Å². The topological polar surface area (TPSA) is 167 Å². The fourth-order valence-electron chi connectivity index (χ4n) is 5.05. The van der Waals surface area contributed by atoms with Gasteiger partial charge < -0.3 is 24.4 Å². The van der Waals surface area contributed by atoms with Crippen molar-refractivity contribution in [3.05, 3.63) is 96.2 Å². The maximum absolute atomic E-state index is 14.7. The Balaban J connectivity index is 0.000000493. The van der Waals surface area contributed by atoms with E-state index in [2.05, 4.69) is 32.1 Å². The number of allylic oxidation sites excluding steroid dienone is 1. The van der Waals surface area contributed by atoms with Crippen molar-refractivity contribution in [3.63, 3.8) is 0 Å². The number of halogens is 2. The van der Waals surface area contributed by atoms with Crippen molar-refractivity contribution in [1.29, 1.82) is 0 Å². The minimum absolute atomic E-state index is 0.0451. The van der Waals surface area contributed by atoms with Crippen LogP contribution in [-0.4, -0.2) is 64.8 Å². The maximum atomic E-state index is 14.7. The SMILES string of the molecule is C=C(CCC(=O)OCn1cc(-c2nc(C(=O)Nc3cn(C4CCCCC4)nc3-c3nc(F)ccc3F)cs2)cn1)OC.CCO.OSc1ccccc1. The number of hydrogen-bond donors (Lipinski definition) is 3. The van der Waals surface area contributed by atoms with E-state index in [1.54, 1.807) is 35.6 Å². The quantitative estimate of drug-likeness (QED) is 0.0487. The lowest BCUT2D eigenvalue weighted by Crippen LogP contribution is -2.14. The molecule has 0 radical (unpaired) electrons. The smallest absolute Gasteiger partial charge is 0.308 e. The third-order valence-electron chi connectivity index (χ3n) is 7.69. The molecule has 4 heterocycles. The highest BCUT2D eigenvalue weighted by Crippen LogP contribution is 2.34. The van der Waals surface area contributed by atoms with Crippen LogP contribution in [0.15, 0.2) is 83.7 Å². The molecule has 1 amide bonds.